The summed E-state index contributed by atoms with van der Waals surface area (Å²) in [7, 11) is 0. The minimum Gasteiger partial charge on any atom is -0.310 e. The highest BCUT2D eigenvalue weighted by molar-refractivity contribution is 5.97. The quantitative estimate of drug-likeness (QED) is 0.769. The molecule has 1 aromatic heterocycles. The fraction of sp³-hybridized carbons (Fsp3) is 0.0588. The Morgan fingerprint density at radius 2 is 1.48 bits per heavy atom. The molecule has 0 aliphatic rings. The third-order valence-electron chi connectivity index (χ3n) is 3.29. The van der Waals surface area contributed by atoms with Crippen LogP contribution in [0.25, 0.3) is 0 Å². The molecule has 0 saturated carbocycles. The van der Waals surface area contributed by atoms with Crippen molar-refractivity contribution in [3.63, 3.8) is 0 Å². The van der Waals surface area contributed by atoms with Gasteiger partial charge in [-0.3, -0.25) is 9.89 Å². The molecule has 1 amide bonds. The Kier molecular flexibility index (Phi) is 3.78. The van der Waals surface area contributed by atoms with Crippen LogP contribution in [0.2, 0.25) is 0 Å². The lowest BCUT2D eigenvalue weighted by molar-refractivity contribution is -0.116. The van der Waals surface area contributed by atoms with Crippen LogP contribution >= 0.6 is 0 Å². The van der Waals surface area contributed by atoms with E-state index in [2.05, 4.69) is 15.5 Å². The summed E-state index contributed by atoms with van der Waals surface area (Å²) in [5.74, 6) is 0.157. The van der Waals surface area contributed by atoms with Crippen LogP contribution in [-0.2, 0) is 4.79 Å². The second-order valence-corrected chi connectivity index (χ2v) is 4.71. The number of nitrogens with one attached hydrogen (secondary N) is 2. The maximum absolute atomic E-state index is 12.7. The molecular formula is C17H15N3O. The van der Waals surface area contributed by atoms with Gasteiger partial charge in [0.25, 0.3) is 0 Å². The first kappa shape index (κ1) is 13.1. The summed E-state index contributed by atoms with van der Waals surface area (Å²) in [6.45, 7) is 0. The third kappa shape index (κ3) is 3.00. The van der Waals surface area contributed by atoms with Gasteiger partial charge in [0.2, 0.25) is 5.91 Å². The number of hydrogen-bond donors (Lipinski definition) is 2. The first-order valence-electron chi connectivity index (χ1n) is 6.75. The maximum atomic E-state index is 12.7. The number of nitrogens with zero attached hydrogens (tertiary/aromatic N) is 1. The summed E-state index contributed by atoms with van der Waals surface area (Å²) in [6, 6.07) is 21.2. The molecule has 0 aliphatic heterocycles. The molecule has 0 radical (unpaired) electrons. The molecule has 4 heteroatoms. The van der Waals surface area contributed by atoms with Crippen LogP contribution in [0.5, 0.6) is 0 Å². The summed E-state index contributed by atoms with van der Waals surface area (Å²) < 4.78 is 0. The molecular weight excluding hydrogens is 262 g/mol. The van der Waals surface area contributed by atoms with Crippen molar-refractivity contribution in [3.05, 3.63) is 84.1 Å². The van der Waals surface area contributed by atoms with Gasteiger partial charge in [-0.15, -0.1) is 0 Å². The van der Waals surface area contributed by atoms with Crippen molar-refractivity contribution in [2.24, 2.45) is 0 Å². The topological polar surface area (TPSA) is 57.8 Å². The Hall–Kier alpha value is -2.88. The molecule has 0 atom stereocenters. The minimum atomic E-state index is -0.351. The van der Waals surface area contributed by atoms with E-state index in [1.807, 2.05) is 60.7 Å². The Bertz CT molecular complexity index is 654. The molecule has 1 heterocycles. The van der Waals surface area contributed by atoms with E-state index in [9.17, 15) is 4.79 Å². The van der Waals surface area contributed by atoms with Crippen LogP contribution in [0.15, 0.2) is 72.9 Å². The zero-order chi connectivity index (χ0) is 14.5. The molecule has 0 saturated heterocycles. The van der Waals surface area contributed by atoms with Crippen LogP contribution in [0, 0.1) is 0 Å². The summed E-state index contributed by atoms with van der Waals surface area (Å²) in [5, 5.41) is 9.45. The van der Waals surface area contributed by atoms with Crippen LogP contribution in [0.4, 0.5) is 5.82 Å². The Morgan fingerprint density at radius 1 is 0.905 bits per heavy atom. The van der Waals surface area contributed by atoms with E-state index in [1.54, 1.807) is 12.3 Å². The molecule has 104 valence electrons. The van der Waals surface area contributed by atoms with E-state index < -0.39 is 0 Å². The van der Waals surface area contributed by atoms with Crippen molar-refractivity contribution >= 4 is 11.7 Å². The van der Waals surface area contributed by atoms with Gasteiger partial charge >= 0.3 is 0 Å². The third-order valence-corrected chi connectivity index (χ3v) is 3.29. The molecule has 0 unspecified atom stereocenters. The van der Waals surface area contributed by atoms with Crippen molar-refractivity contribution < 1.29 is 4.79 Å². The number of benzene rings is 2. The first-order chi connectivity index (χ1) is 10.3. The maximum Gasteiger partial charge on any atom is 0.237 e. The summed E-state index contributed by atoms with van der Waals surface area (Å²) in [4.78, 5) is 12.7. The van der Waals surface area contributed by atoms with E-state index in [1.165, 1.54) is 0 Å². The van der Waals surface area contributed by atoms with Crippen molar-refractivity contribution in [1.82, 2.24) is 10.2 Å². The van der Waals surface area contributed by atoms with E-state index >= 15 is 0 Å². The number of carbonyl (C=O) groups excluding carboxylic acids is 1. The zero-order valence-electron chi connectivity index (χ0n) is 11.4. The number of anilines is 1. The molecule has 0 aliphatic carbocycles. The van der Waals surface area contributed by atoms with E-state index in [0.717, 1.165) is 11.1 Å². The largest absolute Gasteiger partial charge is 0.310 e. The van der Waals surface area contributed by atoms with Gasteiger partial charge in [-0.1, -0.05) is 60.7 Å². The summed E-state index contributed by atoms with van der Waals surface area (Å²) in [6.07, 6.45) is 1.61. The lowest BCUT2D eigenvalue weighted by atomic mass is 9.90. The average molecular weight is 277 g/mol. The molecule has 0 spiro atoms. The highest BCUT2D eigenvalue weighted by Crippen LogP contribution is 2.25. The molecule has 21 heavy (non-hydrogen) atoms. The van der Waals surface area contributed by atoms with Crippen molar-refractivity contribution in [1.29, 1.82) is 0 Å². The van der Waals surface area contributed by atoms with Gasteiger partial charge in [0.05, 0.1) is 12.1 Å². The second kappa shape index (κ2) is 6.05. The molecule has 4 nitrogen and oxygen atoms in total. The smallest absolute Gasteiger partial charge is 0.237 e. The standard InChI is InChI=1S/C17H15N3O/c21-17(19-15-11-12-18-20-15)16(13-7-3-1-4-8-13)14-9-5-2-6-10-14/h1-12,16H,(H2,18,19,20,21). The fourth-order valence-corrected chi connectivity index (χ4v) is 2.32. The SMILES string of the molecule is O=C(Nc1ccn[nH]1)C(c1ccccc1)c1ccccc1. The van der Waals surface area contributed by atoms with Crippen molar-refractivity contribution in [3.8, 4) is 0 Å². The molecule has 2 aromatic carbocycles. The second-order valence-electron chi connectivity index (χ2n) is 4.71. The number of aromatic amines is 1. The highest BCUT2D eigenvalue weighted by atomic mass is 16.2. The monoisotopic (exact) mass is 277 g/mol. The molecule has 3 aromatic rings. The Morgan fingerprint density at radius 3 is 1.95 bits per heavy atom. The van der Waals surface area contributed by atoms with Gasteiger partial charge in [-0.05, 0) is 11.1 Å². The van der Waals surface area contributed by atoms with Crippen LogP contribution in [0.1, 0.15) is 17.0 Å². The number of amides is 1. The van der Waals surface area contributed by atoms with Gasteiger partial charge in [0.1, 0.15) is 5.82 Å². The van der Waals surface area contributed by atoms with Gasteiger partial charge in [-0.2, -0.15) is 5.10 Å². The zero-order valence-corrected chi connectivity index (χ0v) is 11.4. The average Bonchev–Trinajstić information content (AvgIpc) is 3.02. The number of carbonyl (C=O) groups is 1. The first-order valence-corrected chi connectivity index (χ1v) is 6.75. The van der Waals surface area contributed by atoms with E-state index in [4.69, 9.17) is 0 Å². The lowest BCUT2D eigenvalue weighted by Gasteiger charge is -2.17. The fourth-order valence-electron chi connectivity index (χ4n) is 2.32. The summed E-state index contributed by atoms with van der Waals surface area (Å²) >= 11 is 0. The van der Waals surface area contributed by atoms with Crippen LogP contribution < -0.4 is 5.32 Å². The van der Waals surface area contributed by atoms with Crippen molar-refractivity contribution in [2.45, 2.75) is 5.92 Å². The predicted molar refractivity (Wildman–Crippen MR) is 81.9 cm³/mol. The van der Waals surface area contributed by atoms with Gasteiger partial charge in [0.15, 0.2) is 0 Å². The Labute approximate surface area is 122 Å². The van der Waals surface area contributed by atoms with Crippen LogP contribution in [0.3, 0.4) is 0 Å². The Balaban J connectivity index is 1.95. The molecule has 0 fully saturated rings. The normalized spacial score (nSPS) is 10.5. The predicted octanol–water partition coefficient (Wildman–Crippen LogP) is 3.18. The number of hydrogen-bond acceptors (Lipinski definition) is 2. The van der Waals surface area contributed by atoms with Gasteiger partial charge < -0.3 is 5.32 Å². The minimum absolute atomic E-state index is 0.0864. The number of aromatic nitrogens is 2. The van der Waals surface area contributed by atoms with E-state index in [0.29, 0.717) is 5.82 Å². The molecule has 0 bridgehead atoms. The van der Waals surface area contributed by atoms with E-state index in [-0.39, 0.29) is 11.8 Å². The highest BCUT2D eigenvalue weighted by Gasteiger charge is 2.22. The van der Waals surface area contributed by atoms with Gasteiger partial charge in [0, 0.05) is 6.07 Å². The molecule has 3 rings (SSSR count). The summed E-state index contributed by atoms with van der Waals surface area (Å²) in [5.41, 5.74) is 1.92. The van der Waals surface area contributed by atoms with Crippen LogP contribution in [-0.4, -0.2) is 16.1 Å². The number of rotatable bonds is 4. The lowest BCUT2D eigenvalue weighted by Crippen LogP contribution is -2.22. The number of H-pyrrole nitrogens is 1. The van der Waals surface area contributed by atoms with Crippen molar-refractivity contribution in [2.75, 3.05) is 5.32 Å². The molecule has 2 N–H and O–H groups in total. The van der Waals surface area contributed by atoms with Gasteiger partial charge in [-0.25, -0.2) is 0 Å².